The topological polar surface area (TPSA) is 58.6 Å². The van der Waals surface area contributed by atoms with Crippen molar-refractivity contribution in [2.24, 2.45) is 0 Å². The fraction of sp³-hybridized carbons (Fsp3) is 0.471. The Morgan fingerprint density at radius 2 is 2.14 bits per heavy atom. The monoisotopic (exact) mass is 289 g/mol. The zero-order valence-electron chi connectivity index (χ0n) is 12.7. The van der Waals surface area contributed by atoms with Gasteiger partial charge in [-0.05, 0) is 38.0 Å². The Morgan fingerprint density at radius 3 is 2.81 bits per heavy atom. The van der Waals surface area contributed by atoms with E-state index in [1.807, 2.05) is 25.1 Å². The minimum atomic E-state index is -0.718. The highest BCUT2D eigenvalue weighted by atomic mass is 16.5. The molecule has 1 aromatic rings. The zero-order valence-corrected chi connectivity index (χ0v) is 12.7. The van der Waals surface area contributed by atoms with Crippen LogP contribution in [0.15, 0.2) is 24.3 Å². The van der Waals surface area contributed by atoms with Gasteiger partial charge in [0, 0.05) is 18.2 Å². The van der Waals surface area contributed by atoms with Crippen LogP contribution < -0.4 is 10.1 Å². The molecule has 0 radical (unpaired) electrons. The van der Waals surface area contributed by atoms with Crippen LogP contribution in [0.4, 0.5) is 0 Å². The van der Waals surface area contributed by atoms with Gasteiger partial charge >= 0.3 is 0 Å². The van der Waals surface area contributed by atoms with Crippen molar-refractivity contribution >= 4 is 12.0 Å². The van der Waals surface area contributed by atoms with Gasteiger partial charge in [0.15, 0.2) is 0 Å². The number of methoxy groups -OCH3 is 1. The summed E-state index contributed by atoms with van der Waals surface area (Å²) in [4.78, 5) is 11.9. The summed E-state index contributed by atoms with van der Waals surface area (Å²) in [6.07, 6.45) is 6.81. The molecule has 1 saturated carbocycles. The first-order chi connectivity index (χ1) is 10.0. The molecule has 0 unspecified atom stereocenters. The second-order valence-electron chi connectivity index (χ2n) is 5.73. The minimum Gasteiger partial charge on any atom is -0.496 e. The predicted octanol–water partition coefficient (Wildman–Crippen LogP) is 2.44. The van der Waals surface area contributed by atoms with Crippen LogP contribution in [0.2, 0.25) is 0 Å². The fourth-order valence-corrected chi connectivity index (χ4v) is 2.67. The van der Waals surface area contributed by atoms with E-state index in [2.05, 4.69) is 5.32 Å². The molecule has 1 fully saturated rings. The second kappa shape index (κ2) is 6.76. The molecule has 0 heterocycles. The van der Waals surface area contributed by atoms with E-state index in [1.54, 1.807) is 13.2 Å². The smallest absolute Gasteiger partial charge is 0.244 e. The van der Waals surface area contributed by atoms with Gasteiger partial charge in [0.05, 0.1) is 12.7 Å². The van der Waals surface area contributed by atoms with E-state index in [4.69, 9.17) is 4.74 Å². The lowest BCUT2D eigenvalue weighted by Crippen LogP contribution is -2.40. The van der Waals surface area contributed by atoms with Gasteiger partial charge in [-0.25, -0.2) is 0 Å². The zero-order chi connectivity index (χ0) is 15.3. The standard InChI is InChI=1S/C17H23NO3/c1-13-5-7-15(21-2)14(11-13)6-8-16(19)18-12-17(20)9-3-4-10-17/h5-8,11,20H,3-4,9-10,12H2,1-2H3,(H,18,19). The van der Waals surface area contributed by atoms with Crippen LogP contribution >= 0.6 is 0 Å². The van der Waals surface area contributed by atoms with Gasteiger partial charge in [0.2, 0.25) is 5.91 Å². The summed E-state index contributed by atoms with van der Waals surface area (Å²) in [6.45, 7) is 2.31. The highest BCUT2D eigenvalue weighted by Gasteiger charge is 2.30. The van der Waals surface area contributed by atoms with E-state index < -0.39 is 5.60 Å². The minimum absolute atomic E-state index is 0.195. The van der Waals surface area contributed by atoms with Gasteiger partial charge in [-0.2, -0.15) is 0 Å². The molecule has 21 heavy (non-hydrogen) atoms. The Labute approximate surface area is 125 Å². The van der Waals surface area contributed by atoms with Crippen molar-refractivity contribution in [1.82, 2.24) is 5.32 Å². The summed E-state index contributed by atoms with van der Waals surface area (Å²) in [5.41, 5.74) is 1.26. The van der Waals surface area contributed by atoms with Gasteiger partial charge in [0.1, 0.15) is 5.75 Å². The Balaban J connectivity index is 1.94. The van der Waals surface area contributed by atoms with Crippen LogP contribution in [0.5, 0.6) is 5.75 Å². The molecule has 0 bridgehead atoms. The summed E-state index contributed by atoms with van der Waals surface area (Å²) >= 11 is 0. The number of carbonyl (C=O) groups excluding carboxylic acids is 1. The van der Waals surface area contributed by atoms with E-state index in [9.17, 15) is 9.90 Å². The van der Waals surface area contributed by atoms with Gasteiger partial charge in [-0.15, -0.1) is 0 Å². The maximum atomic E-state index is 11.9. The molecule has 0 atom stereocenters. The highest BCUT2D eigenvalue weighted by Crippen LogP contribution is 2.28. The van der Waals surface area contributed by atoms with Crippen LogP contribution in [0.3, 0.4) is 0 Å². The van der Waals surface area contributed by atoms with Gasteiger partial charge in [-0.3, -0.25) is 4.79 Å². The molecule has 1 aliphatic carbocycles. The molecule has 1 aromatic carbocycles. The van der Waals surface area contributed by atoms with E-state index in [-0.39, 0.29) is 5.91 Å². The Morgan fingerprint density at radius 1 is 1.43 bits per heavy atom. The summed E-state index contributed by atoms with van der Waals surface area (Å²) in [5.74, 6) is 0.540. The van der Waals surface area contributed by atoms with Gasteiger partial charge < -0.3 is 15.2 Å². The molecule has 1 aliphatic rings. The lowest BCUT2D eigenvalue weighted by Gasteiger charge is -2.21. The van der Waals surface area contributed by atoms with Crippen molar-refractivity contribution in [2.45, 2.75) is 38.2 Å². The van der Waals surface area contributed by atoms with E-state index in [1.165, 1.54) is 6.08 Å². The molecular formula is C17H23NO3. The maximum Gasteiger partial charge on any atom is 0.244 e. The second-order valence-corrected chi connectivity index (χ2v) is 5.73. The lowest BCUT2D eigenvalue weighted by molar-refractivity contribution is -0.117. The third-order valence-corrected chi connectivity index (χ3v) is 3.93. The third kappa shape index (κ3) is 4.33. The summed E-state index contributed by atoms with van der Waals surface area (Å²) < 4.78 is 5.27. The van der Waals surface area contributed by atoms with E-state index >= 15 is 0 Å². The predicted molar refractivity (Wildman–Crippen MR) is 83.2 cm³/mol. The molecule has 4 nitrogen and oxygen atoms in total. The number of aliphatic hydroxyl groups is 1. The Hall–Kier alpha value is -1.81. The van der Waals surface area contributed by atoms with Crippen LogP contribution in [0, 0.1) is 6.92 Å². The number of benzene rings is 1. The van der Waals surface area contributed by atoms with Gasteiger partial charge in [0.25, 0.3) is 0 Å². The van der Waals surface area contributed by atoms with Crippen LogP contribution in [-0.2, 0) is 4.79 Å². The molecular weight excluding hydrogens is 266 g/mol. The molecule has 2 N–H and O–H groups in total. The number of carbonyl (C=O) groups is 1. The average Bonchev–Trinajstić information content (AvgIpc) is 2.90. The molecule has 0 spiro atoms. The van der Waals surface area contributed by atoms with Crippen molar-refractivity contribution in [1.29, 1.82) is 0 Å². The van der Waals surface area contributed by atoms with Crippen LogP contribution in [0.25, 0.3) is 6.08 Å². The Bertz CT molecular complexity index is 531. The third-order valence-electron chi connectivity index (χ3n) is 3.93. The van der Waals surface area contributed by atoms with Crippen LogP contribution in [0.1, 0.15) is 36.8 Å². The Kier molecular flexibility index (Phi) is 5.02. The first-order valence-corrected chi connectivity index (χ1v) is 7.35. The number of rotatable bonds is 5. The molecule has 114 valence electrons. The number of aryl methyl sites for hydroxylation is 1. The molecule has 2 rings (SSSR count). The SMILES string of the molecule is COc1ccc(C)cc1C=CC(=O)NCC1(O)CCCC1. The summed E-state index contributed by atoms with van der Waals surface area (Å²) in [5, 5.41) is 13.0. The van der Waals surface area contributed by atoms with Crippen LogP contribution in [-0.4, -0.2) is 30.3 Å². The van der Waals surface area contributed by atoms with Crippen molar-refractivity contribution < 1.29 is 14.6 Å². The largest absolute Gasteiger partial charge is 0.496 e. The first kappa shape index (κ1) is 15.6. The van der Waals surface area contributed by atoms with Crippen molar-refractivity contribution in [2.75, 3.05) is 13.7 Å². The average molecular weight is 289 g/mol. The number of hydrogen-bond acceptors (Lipinski definition) is 3. The van der Waals surface area contributed by atoms with Crippen molar-refractivity contribution in [3.8, 4) is 5.75 Å². The summed E-state index contributed by atoms with van der Waals surface area (Å²) in [6, 6.07) is 5.81. The number of ether oxygens (including phenoxy) is 1. The molecule has 0 aliphatic heterocycles. The first-order valence-electron chi connectivity index (χ1n) is 7.35. The fourth-order valence-electron chi connectivity index (χ4n) is 2.67. The quantitative estimate of drug-likeness (QED) is 0.819. The van der Waals surface area contributed by atoms with E-state index in [0.717, 1.165) is 42.6 Å². The van der Waals surface area contributed by atoms with E-state index in [0.29, 0.717) is 6.54 Å². The van der Waals surface area contributed by atoms with Crippen molar-refractivity contribution in [3.63, 3.8) is 0 Å². The lowest BCUT2D eigenvalue weighted by atomic mass is 10.0. The van der Waals surface area contributed by atoms with Gasteiger partial charge in [-0.1, -0.05) is 24.5 Å². The molecule has 4 heteroatoms. The maximum absolute atomic E-state index is 11.9. The number of hydrogen-bond donors (Lipinski definition) is 2. The highest BCUT2D eigenvalue weighted by molar-refractivity contribution is 5.92. The normalized spacial score (nSPS) is 17.1. The number of amides is 1. The molecule has 0 saturated heterocycles. The molecule has 0 aromatic heterocycles. The molecule has 1 amide bonds. The van der Waals surface area contributed by atoms with Crippen molar-refractivity contribution in [3.05, 3.63) is 35.4 Å². The number of nitrogens with one attached hydrogen (secondary N) is 1. The summed E-state index contributed by atoms with van der Waals surface area (Å²) in [7, 11) is 1.61.